The number of aliphatic hydroxyl groups excluding tert-OH is 1. The smallest absolute Gasteiger partial charge is 0.148 e. The van der Waals surface area contributed by atoms with Crippen molar-refractivity contribution in [1.29, 1.82) is 0 Å². The van der Waals surface area contributed by atoms with Crippen molar-refractivity contribution in [3.05, 3.63) is 41.5 Å². The van der Waals surface area contributed by atoms with Crippen LogP contribution in [0, 0.1) is 0 Å². The minimum atomic E-state index is -0.210. The molecule has 1 N–H and O–H groups in total. The van der Waals surface area contributed by atoms with Gasteiger partial charge in [-0.2, -0.15) is 0 Å². The molecule has 0 aliphatic carbocycles. The number of aldehydes is 1. The second kappa shape index (κ2) is 4.46. The Balaban J connectivity index is 2.86. The van der Waals surface area contributed by atoms with Gasteiger partial charge in [0.2, 0.25) is 0 Å². The molecule has 62 valence electrons. The van der Waals surface area contributed by atoms with Crippen LogP contribution in [-0.4, -0.2) is 18.0 Å². The molecular formula is C10H10O2. The summed E-state index contributed by atoms with van der Waals surface area (Å²) < 4.78 is 0. The summed E-state index contributed by atoms with van der Waals surface area (Å²) in [6.45, 7) is -0.210. The summed E-state index contributed by atoms with van der Waals surface area (Å²) in [5.74, 6) is 0. The molecule has 0 bridgehead atoms. The molecule has 0 aliphatic rings. The van der Waals surface area contributed by atoms with E-state index < -0.39 is 0 Å². The van der Waals surface area contributed by atoms with Crippen molar-refractivity contribution in [2.45, 2.75) is 0 Å². The summed E-state index contributed by atoms with van der Waals surface area (Å²) in [5, 5.41) is 8.69. The number of benzene rings is 1. The van der Waals surface area contributed by atoms with E-state index >= 15 is 0 Å². The maximum Gasteiger partial charge on any atom is 0.148 e. The van der Waals surface area contributed by atoms with E-state index in [0.29, 0.717) is 11.9 Å². The van der Waals surface area contributed by atoms with Crippen molar-refractivity contribution < 1.29 is 9.90 Å². The van der Waals surface area contributed by atoms with E-state index in [0.717, 1.165) is 5.56 Å². The molecule has 0 aromatic heterocycles. The lowest BCUT2D eigenvalue weighted by Gasteiger charge is -1.93. The maximum absolute atomic E-state index is 10.3. The molecule has 0 heterocycles. The van der Waals surface area contributed by atoms with Gasteiger partial charge in [-0.05, 0) is 11.6 Å². The fourth-order valence-corrected chi connectivity index (χ4v) is 0.880. The van der Waals surface area contributed by atoms with Gasteiger partial charge in [-0.3, -0.25) is 4.79 Å². The van der Waals surface area contributed by atoms with Crippen LogP contribution >= 0.6 is 0 Å². The molecule has 0 unspecified atom stereocenters. The molecule has 2 heteroatoms. The maximum atomic E-state index is 10.3. The molecule has 0 saturated carbocycles. The number of carbonyl (C=O) groups excluding carboxylic acids is 1. The molecular weight excluding hydrogens is 152 g/mol. The first-order valence-electron chi connectivity index (χ1n) is 3.68. The standard InChI is InChI=1S/C10H10O2/c11-7-10(8-12)6-9-4-2-1-3-5-9/h1-7,12H,8H2/b10-6-. The van der Waals surface area contributed by atoms with Crippen molar-refractivity contribution in [2.75, 3.05) is 6.61 Å². The van der Waals surface area contributed by atoms with Crippen molar-refractivity contribution >= 4 is 12.4 Å². The zero-order valence-electron chi connectivity index (χ0n) is 6.60. The average molecular weight is 162 g/mol. The van der Waals surface area contributed by atoms with E-state index in [1.165, 1.54) is 0 Å². The normalized spacial score (nSPS) is 11.2. The first-order valence-corrected chi connectivity index (χ1v) is 3.68. The van der Waals surface area contributed by atoms with E-state index in [1.807, 2.05) is 30.3 Å². The predicted octanol–water partition coefficient (Wildman–Crippen LogP) is 1.26. The van der Waals surface area contributed by atoms with Crippen LogP contribution in [0.25, 0.3) is 6.08 Å². The molecule has 0 radical (unpaired) electrons. The Morgan fingerprint density at radius 3 is 2.50 bits per heavy atom. The molecule has 0 amide bonds. The van der Waals surface area contributed by atoms with Gasteiger partial charge in [-0.15, -0.1) is 0 Å². The van der Waals surface area contributed by atoms with Crippen LogP contribution in [0.15, 0.2) is 35.9 Å². The first kappa shape index (κ1) is 8.68. The van der Waals surface area contributed by atoms with Crippen LogP contribution < -0.4 is 0 Å². The van der Waals surface area contributed by atoms with Gasteiger partial charge < -0.3 is 5.11 Å². The highest BCUT2D eigenvalue weighted by Gasteiger charge is 1.91. The Bertz CT molecular complexity index is 275. The Morgan fingerprint density at radius 2 is 2.00 bits per heavy atom. The van der Waals surface area contributed by atoms with Crippen LogP contribution in [0.1, 0.15) is 5.56 Å². The minimum absolute atomic E-state index is 0.210. The molecule has 0 aliphatic heterocycles. The Kier molecular flexibility index (Phi) is 3.23. The Labute approximate surface area is 71.2 Å². The van der Waals surface area contributed by atoms with E-state index in [-0.39, 0.29) is 6.61 Å². The zero-order chi connectivity index (χ0) is 8.81. The number of aliphatic hydroxyl groups is 1. The largest absolute Gasteiger partial charge is 0.392 e. The molecule has 1 rings (SSSR count). The van der Waals surface area contributed by atoms with Crippen LogP contribution in [0.4, 0.5) is 0 Å². The molecule has 0 fully saturated rings. The van der Waals surface area contributed by atoms with Crippen molar-refractivity contribution in [1.82, 2.24) is 0 Å². The number of carbonyl (C=O) groups is 1. The first-order chi connectivity index (χ1) is 5.86. The van der Waals surface area contributed by atoms with E-state index in [1.54, 1.807) is 6.08 Å². The van der Waals surface area contributed by atoms with Gasteiger partial charge in [0.15, 0.2) is 0 Å². The van der Waals surface area contributed by atoms with Crippen LogP contribution in [-0.2, 0) is 4.79 Å². The summed E-state index contributed by atoms with van der Waals surface area (Å²) in [7, 11) is 0. The second-order valence-electron chi connectivity index (χ2n) is 2.41. The van der Waals surface area contributed by atoms with Crippen molar-refractivity contribution in [3.8, 4) is 0 Å². The summed E-state index contributed by atoms with van der Waals surface area (Å²) in [5.41, 5.74) is 1.31. The summed E-state index contributed by atoms with van der Waals surface area (Å²) in [6, 6.07) is 9.41. The fourth-order valence-electron chi connectivity index (χ4n) is 0.880. The third kappa shape index (κ3) is 2.32. The zero-order valence-corrected chi connectivity index (χ0v) is 6.60. The Morgan fingerprint density at radius 1 is 1.33 bits per heavy atom. The van der Waals surface area contributed by atoms with Gasteiger partial charge >= 0.3 is 0 Å². The highest BCUT2D eigenvalue weighted by molar-refractivity contribution is 5.81. The van der Waals surface area contributed by atoms with Gasteiger partial charge in [0.25, 0.3) is 0 Å². The van der Waals surface area contributed by atoms with E-state index in [9.17, 15) is 4.79 Å². The third-order valence-corrected chi connectivity index (χ3v) is 1.49. The van der Waals surface area contributed by atoms with Gasteiger partial charge in [-0.1, -0.05) is 30.3 Å². The molecule has 1 aromatic carbocycles. The highest BCUT2D eigenvalue weighted by atomic mass is 16.3. The number of hydrogen-bond acceptors (Lipinski definition) is 2. The lowest BCUT2D eigenvalue weighted by Crippen LogP contribution is -1.90. The topological polar surface area (TPSA) is 37.3 Å². The minimum Gasteiger partial charge on any atom is -0.392 e. The molecule has 1 aromatic rings. The molecule has 12 heavy (non-hydrogen) atoms. The van der Waals surface area contributed by atoms with Crippen LogP contribution in [0.3, 0.4) is 0 Å². The van der Waals surface area contributed by atoms with Gasteiger partial charge in [-0.25, -0.2) is 0 Å². The SMILES string of the molecule is O=C/C(=C/c1ccccc1)CO. The summed E-state index contributed by atoms with van der Waals surface area (Å²) >= 11 is 0. The molecule has 0 spiro atoms. The monoisotopic (exact) mass is 162 g/mol. The lowest BCUT2D eigenvalue weighted by molar-refractivity contribution is -0.105. The third-order valence-electron chi connectivity index (χ3n) is 1.49. The van der Waals surface area contributed by atoms with Crippen LogP contribution in [0.5, 0.6) is 0 Å². The average Bonchev–Trinajstić information content (AvgIpc) is 2.16. The predicted molar refractivity (Wildman–Crippen MR) is 47.6 cm³/mol. The van der Waals surface area contributed by atoms with Gasteiger partial charge in [0.1, 0.15) is 6.29 Å². The number of hydrogen-bond donors (Lipinski definition) is 1. The van der Waals surface area contributed by atoms with Gasteiger partial charge in [0.05, 0.1) is 6.61 Å². The van der Waals surface area contributed by atoms with Crippen molar-refractivity contribution in [2.24, 2.45) is 0 Å². The lowest BCUT2D eigenvalue weighted by atomic mass is 10.1. The second-order valence-corrected chi connectivity index (χ2v) is 2.41. The van der Waals surface area contributed by atoms with E-state index in [4.69, 9.17) is 5.11 Å². The molecule has 0 saturated heterocycles. The molecule has 0 atom stereocenters. The Hall–Kier alpha value is -1.41. The van der Waals surface area contributed by atoms with Gasteiger partial charge in [0, 0.05) is 5.57 Å². The fraction of sp³-hybridized carbons (Fsp3) is 0.100. The molecule has 2 nitrogen and oxygen atoms in total. The van der Waals surface area contributed by atoms with E-state index in [2.05, 4.69) is 0 Å². The summed E-state index contributed by atoms with van der Waals surface area (Å²) in [4.78, 5) is 10.3. The quantitative estimate of drug-likeness (QED) is 0.536. The van der Waals surface area contributed by atoms with Crippen molar-refractivity contribution in [3.63, 3.8) is 0 Å². The summed E-state index contributed by atoms with van der Waals surface area (Å²) in [6.07, 6.45) is 2.32. The highest BCUT2D eigenvalue weighted by Crippen LogP contribution is 2.03. The number of rotatable bonds is 3. The van der Waals surface area contributed by atoms with Crippen LogP contribution in [0.2, 0.25) is 0 Å².